The lowest BCUT2D eigenvalue weighted by atomic mass is 9.80. The quantitative estimate of drug-likeness (QED) is 0.508. The summed E-state index contributed by atoms with van der Waals surface area (Å²) in [6.45, 7) is 13.4. The molecule has 20 heavy (non-hydrogen) atoms. The first-order valence-corrected chi connectivity index (χ1v) is 9.46. The van der Waals surface area contributed by atoms with Crippen LogP contribution in [0.5, 0.6) is 0 Å². The zero-order valence-electron chi connectivity index (χ0n) is 13.3. The molecule has 0 radical (unpaired) electrons. The lowest BCUT2D eigenvalue weighted by Gasteiger charge is -2.69. The third-order valence-corrected chi connectivity index (χ3v) is 12.8. The molecule has 4 atom stereocenters. The summed E-state index contributed by atoms with van der Waals surface area (Å²) < 4.78 is 0. The fraction of sp³-hybridized carbons (Fsp3) is 0.800. The van der Waals surface area contributed by atoms with Crippen LogP contribution in [0.2, 0.25) is 0 Å². The molecular formula is C15H23NO2P2. The molecule has 2 fully saturated rings. The molecule has 0 aromatic carbocycles. The second kappa shape index (κ2) is 3.73. The Morgan fingerprint density at radius 1 is 1.10 bits per heavy atom. The van der Waals surface area contributed by atoms with Gasteiger partial charge in [0.05, 0.1) is 16.5 Å². The minimum atomic E-state index is -0.463. The van der Waals surface area contributed by atoms with E-state index in [0.29, 0.717) is 0 Å². The van der Waals surface area contributed by atoms with Crippen LogP contribution in [-0.4, -0.2) is 39.4 Å². The fourth-order valence-electron chi connectivity index (χ4n) is 3.84. The molecule has 1 unspecified atom stereocenters. The molecule has 0 spiro atoms. The van der Waals surface area contributed by atoms with Crippen LogP contribution >= 0.6 is 16.1 Å². The molecule has 3 aliphatic heterocycles. The van der Waals surface area contributed by atoms with Crippen molar-refractivity contribution in [2.75, 3.05) is 7.05 Å². The number of carbonyl (C=O) groups is 2. The van der Waals surface area contributed by atoms with Crippen LogP contribution in [0.4, 0.5) is 0 Å². The molecule has 110 valence electrons. The zero-order chi connectivity index (χ0) is 15.2. The number of hydrogen-bond donors (Lipinski definition) is 0. The van der Waals surface area contributed by atoms with E-state index < -0.39 is 7.92 Å². The molecule has 0 bridgehead atoms. The predicted octanol–water partition coefficient (Wildman–Crippen LogP) is 3.34. The molecule has 0 aromatic heterocycles. The minimum Gasteiger partial charge on any atom is -0.285 e. The maximum Gasteiger partial charge on any atom is 0.237 e. The summed E-state index contributed by atoms with van der Waals surface area (Å²) in [7, 11) is 2.53. The molecule has 3 rings (SSSR count). The van der Waals surface area contributed by atoms with Gasteiger partial charge in [-0.05, 0) is 23.8 Å². The maximum absolute atomic E-state index is 12.5. The molecule has 3 heterocycles. The van der Waals surface area contributed by atoms with Crippen molar-refractivity contribution in [3.63, 3.8) is 0 Å². The topological polar surface area (TPSA) is 37.4 Å². The molecule has 3 nitrogen and oxygen atoms in total. The van der Waals surface area contributed by atoms with E-state index in [1.165, 1.54) is 18.1 Å². The molecule has 2 saturated heterocycles. The van der Waals surface area contributed by atoms with Gasteiger partial charge in [-0.3, -0.25) is 14.5 Å². The van der Waals surface area contributed by atoms with Crippen LogP contribution in [-0.2, 0) is 9.59 Å². The Labute approximate surface area is 124 Å². The van der Waals surface area contributed by atoms with Crippen LogP contribution in [0.25, 0.3) is 0 Å². The van der Waals surface area contributed by atoms with Gasteiger partial charge in [-0.1, -0.05) is 49.7 Å². The number of imide groups is 1. The van der Waals surface area contributed by atoms with Gasteiger partial charge < -0.3 is 0 Å². The lowest BCUT2D eigenvalue weighted by molar-refractivity contribution is -0.137. The number of hydrogen-bond acceptors (Lipinski definition) is 2. The van der Waals surface area contributed by atoms with Crippen molar-refractivity contribution in [2.24, 2.45) is 16.7 Å². The molecule has 0 aromatic rings. The van der Waals surface area contributed by atoms with Gasteiger partial charge in [-0.25, -0.2) is 0 Å². The molecule has 0 saturated carbocycles. The normalized spacial score (nSPS) is 40.6. The maximum atomic E-state index is 12.5. The summed E-state index contributed by atoms with van der Waals surface area (Å²) in [5, 5.41) is 1.53. The van der Waals surface area contributed by atoms with Gasteiger partial charge in [0.15, 0.2) is 0 Å². The van der Waals surface area contributed by atoms with Crippen LogP contribution in [0.3, 0.4) is 0 Å². The first-order valence-electron chi connectivity index (χ1n) is 7.15. The van der Waals surface area contributed by atoms with E-state index in [0.717, 1.165) is 0 Å². The first-order chi connectivity index (χ1) is 8.94. The van der Waals surface area contributed by atoms with E-state index in [1.807, 2.05) is 0 Å². The largest absolute Gasteiger partial charge is 0.285 e. The van der Waals surface area contributed by atoms with Crippen LogP contribution in [0.1, 0.15) is 41.5 Å². The standard InChI is InChI=1S/C15H23NO2P2/c1-13(2,3)12-19-15(14(4,5)6)8-9(20(12)15)11(18)16(7)10(8)17/h8-9H,1-7H3/t8-,9+,15+,20?/m1/s1. The van der Waals surface area contributed by atoms with Crippen molar-refractivity contribution in [1.82, 2.24) is 4.90 Å². The molecule has 0 N–H and O–H groups in total. The Bertz CT molecular complexity index is 555. The van der Waals surface area contributed by atoms with Crippen molar-refractivity contribution in [3.8, 4) is 0 Å². The van der Waals surface area contributed by atoms with Gasteiger partial charge in [0.2, 0.25) is 11.8 Å². The summed E-state index contributed by atoms with van der Waals surface area (Å²) in [6.07, 6.45) is 0. The average molecular weight is 311 g/mol. The van der Waals surface area contributed by atoms with Crippen molar-refractivity contribution < 1.29 is 9.59 Å². The van der Waals surface area contributed by atoms with E-state index in [2.05, 4.69) is 41.5 Å². The SMILES string of the molecule is CN1C(=O)[C@@H]2[C@H](C1=O)[C@]1(C(C)(C)C)P=C(C(C)(C)C)P21. The summed E-state index contributed by atoms with van der Waals surface area (Å²) >= 11 is 0. The van der Waals surface area contributed by atoms with E-state index >= 15 is 0 Å². The Morgan fingerprint density at radius 2 is 1.65 bits per heavy atom. The van der Waals surface area contributed by atoms with Gasteiger partial charge in [0.25, 0.3) is 0 Å². The first kappa shape index (κ1) is 14.7. The number of fused-ring (bicyclic) bond motifs is 4. The van der Waals surface area contributed by atoms with Gasteiger partial charge in [0.1, 0.15) is 0 Å². The fourth-order valence-corrected chi connectivity index (χ4v) is 11.6. The van der Waals surface area contributed by atoms with Gasteiger partial charge in [0, 0.05) is 7.05 Å². The van der Waals surface area contributed by atoms with Gasteiger partial charge in [-0.15, -0.1) is 0 Å². The van der Waals surface area contributed by atoms with Crippen molar-refractivity contribution >= 4 is 33.0 Å². The Kier molecular flexibility index (Phi) is 2.74. The van der Waals surface area contributed by atoms with Crippen molar-refractivity contribution in [1.29, 1.82) is 0 Å². The van der Waals surface area contributed by atoms with E-state index in [9.17, 15) is 9.59 Å². The highest BCUT2D eigenvalue weighted by Crippen LogP contribution is 2.90. The molecular weight excluding hydrogens is 288 g/mol. The van der Waals surface area contributed by atoms with E-state index in [-0.39, 0.29) is 39.1 Å². The highest BCUT2D eigenvalue weighted by atomic mass is 31.2. The molecule has 3 aliphatic rings. The van der Waals surface area contributed by atoms with Gasteiger partial charge >= 0.3 is 0 Å². The number of amides is 2. The summed E-state index contributed by atoms with van der Waals surface area (Å²) in [5.74, 6) is 0.0793. The predicted molar refractivity (Wildman–Crippen MR) is 85.5 cm³/mol. The van der Waals surface area contributed by atoms with E-state index in [4.69, 9.17) is 0 Å². The summed E-state index contributed by atoms with van der Waals surface area (Å²) in [4.78, 5) is 26.3. The van der Waals surface area contributed by atoms with Crippen molar-refractivity contribution in [3.05, 3.63) is 0 Å². The smallest absolute Gasteiger partial charge is 0.237 e. The van der Waals surface area contributed by atoms with E-state index in [1.54, 1.807) is 7.05 Å². The Hall–Kier alpha value is -0.260. The number of carbonyl (C=O) groups excluding carboxylic acids is 2. The number of rotatable bonds is 0. The van der Waals surface area contributed by atoms with Crippen LogP contribution in [0.15, 0.2) is 0 Å². The summed E-state index contributed by atoms with van der Waals surface area (Å²) in [6, 6.07) is 0. The Balaban J connectivity index is 2.12. The van der Waals surface area contributed by atoms with Crippen LogP contribution < -0.4 is 0 Å². The minimum absolute atomic E-state index is 0.0165. The molecule has 2 amide bonds. The summed E-state index contributed by atoms with van der Waals surface area (Å²) in [5.41, 5.74) is 0.214. The average Bonchev–Trinajstić information content (AvgIpc) is 2.40. The molecule has 5 heteroatoms. The second-order valence-corrected chi connectivity index (χ2v) is 12.7. The third kappa shape index (κ3) is 1.39. The third-order valence-electron chi connectivity index (χ3n) is 4.85. The Morgan fingerprint density at radius 3 is 2.10 bits per heavy atom. The second-order valence-electron chi connectivity index (χ2n) is 8.19. The monoisotopic (exact) mass is 311 g/mol. The zero-order valence-corrected chi connectivity index (χ0v) is 15.1. The van der Waals surface area contributed by atoms with Crippen LogP contribution in [0, 0.1) is 16.7 Å². The lowest BCUT2D eigenvalue weighted by Crippen LogP contribution is -2.65. The number of likely N-dealkylation sites (tertiary alicyclic amines) is 1. The molecule has 0 aliphatic carbocycles. The van der Waals surface area contributed by atoms with Crippen molar-refractivity contribution in [2.45, 2.75) is 52.1 Å². The highest BCUT2D eigenvalue weighted by Gasteiger charge is 2.79. The number of nitrogens with zero attached hydrogens (tertiary/aromatic N) is 1. The van der Waals surface area contributed by atoms with Gasteiger partial charge in [-0.2, -0.15) is 0 Å². The highest BCUT2D eigenvalue weighted by molar-refractivity contribution is 8.02.